The van der Waals surface area contributed by atoms with Gasteiger partial charge in [0.15, 0.2) is 0 Å². The summed E-state index contributed by atoms with van der Waals surface area (Å²) < 4.78 is 0. The Bertz CT molecular complexity index is 733. The van der Waals surface area contributed by atoms with Crippen LogP contribution in [0.3, 0.4) is 0 Å². The largest absolute Gasteiger partial charge is 0.336 e. The van der Waals surface area contributed by atoms with Crippen LogP contribution in [0.2, 0.25) is 0 Å². The van der Waals surface area contributed by atoms with Crippen LogP contribution in [0.15, 0.2) is 30.3 Å². The summed E-state index contributed by atoms with van der Waals surface area (Å²) in [7, 11) is 0. The van der Waals surface area contributed by atoms with Gasteiger partial charge in [0.1, 0.15) is 6.54 Å². The molecule has 1 aromatic rings. The van der Waals surface area contributed by atoms with Crippen molar-refractivity contribution >= 4 is 29.8 Å². The number of nitrogens with zero attached hydrogens (tertiary/aromatic N) is 3. The second-order valence-corrected chi connectivity index (χ2v) is 5.33. The smallest absolute Gasteiger partial charge is 0.335 e. The Balaban J connectivity index is 1.72. The minimum Gasteiger partial charge on any atom is -0.336 e. The first-order valence-corrected chi connectivity index (χ1v) is 7.28. The number of imide groups is 3. The Labute approximate surface area is 136 Å². The van der Waals surface area contributed by atoms with Gasteiger partial charge in [0.2, 0.25) is 0 Å². The molecule has 24 heavy (non-hydrogen) atoms. The maximum atomic E-state index is 12.3. The van der Waals surface area contributed by atoms with Crippen LogP contribution in [0.4, 0.5) is 9.59 Å². The molecule has 9 heteroatoms. The Kier molecular flexibility index (Phi) is 3.98. The highest BCUT2D eigenvalue weighted by molar-refractivity contribution is 6.45. The molecule has 0 saturated carbocycles. The third kappa shape index (κ3) is 2.71. The zero-order chi connectivity index (χ0) is 17.3. The predicted octanol–water partition coefficient (Wildman–Crippen LogP) is -0.471. The molecule has 1 N–H and O–H groups in total. The molecule has 7 amide bonds. The molecule has 9 nitrogen and oxygen atoms in total. The van der Waals surface area contributed by atoms with Crippen LogP contribution in [-0.2, 0) is 20.9 Å². The summed E-state index contributed by atoms with van der Waals surface area (Å²) in [6.07, 6.45) is 0. The van der Waals surface area contributed by atoms with Crippen LogP contribution in [0.1, 0.15) is 5.56 Å². The molecule has 1 aromatic carbocycles. The molecule has 0 bridgehead atoms. The second kappa shape index (κ2) is 6.11. The van der Waals surface area contributed by atoms with Gasteiger partial charge in [-0.05, 0) is 5.56 Å². The topological polar surface area (TPSA) is 107 Å². The van der Waals surface area contributed by atoms with Crippen molar-refractivity contribution in [2.45, 2.75) is 6.54 Å². The highest BCUT2D eigenvalue weighted by atomic mass is 16.2. The van der Waals surface area contributed by atoms with E-state index in [9.17, 15) is 24.0 Å². The molecular weight excluding hydrogens is 316 g/mol. The van der Waals surface area contributed by atoms with Gasteiger partial charge in [0, 0.05) is 13.1 Å². The van der Waals surface area contributed by atoms with Crippen molar-refractivity contribution in [3.05, 3.63) is 35.9 Å². The van der Waals surface area contributed by atoms with E-state index in [1.54, 1.807) is 30.3 Å². The molecule has 3 rings (SSSR count). The van der Waals surface area contributed by atoms with E-state index in [1.165, 1.54) is 0 Å². The molecule has 2 aliphatic rings. The molecule has 2 saturated heterocycles. The lowest BCUT2D eigenvalue weighted by Crippen LogP contribution is -2.44. The Morgan fingerprint density at radius 2 is 1.67 bits per heavy atom. The predicted molar refractivity (Wildman–Crippen MR) is 79.2 cm³/mol. The van der Waals surface area contributed by atoms with Crippen LogP contribution < -0.4 is 5.32 Å². The normalized spacial score (nSPS) is 17.8. The maximum Gasteiger partial charge on any atom is 0.335 e. The average molecular weight is 330 g/mol. The van der Waals surface area contributed by atoms with Crippen LogP contribution in [-0.4, -0.2) is 64.1 Å². The number of carbonyl (C=O) groups excluding carboxylic acids is 5. The van der Waals surface area contributed by atoms with Gasteiger partial charge in [-0.15, -0.1) is 0 Å². The van der Waals surface area contributed by atoms with Gasteiger partial charge in [0.05, 0.1) is 6.54 Å². The molecule has 2 aliphatic heterocycles. The summed E-state index contributed by atoms with van der Waals surface area (Å²) in [6.45, 7) is -0.220. The standard InChI is InChI=1S/C15H14N4O5/c20-11(17-7-6-16-14(17)23)9-19-13(22)12(21)18(15(19)24)8-10-4-2-1-3-5-10/h1-5H,6-9H2,(H,16,23). The number of rotatable bonds is 4. The molecule has 0 aliphatic carbocycles. The molecule has 0 radical (unpaired) electrons. The first kappa shape index (κ1) is 15.7. The van der Waals surface area contributed by atoms with Crippen LogP contribution in [0.25, 0.3) is 0 Å². The lowest BCUT2D eigenvalue weighted by Gasteiger charge is -2.17. The van der Waals surface area contributed by atoms with E-state index in [0.29, 0.717) is 17.0 Å². The lowest BCUT2D eigenvalue weighted by molar-refractivity contribution is -0.144. The third-order valence-corrected chi connectivity index (χ3v) is 3.77. The fraction of sp³-hybridized carbons (Fsp3) is 0.267. The molecular formula is C15H14N4O5. The van der Waals surface area contributed by atoms with Crippen molar-refractivity contribution in [2.24, 2.45) is 0 Å². The summed E-state index contributed by atoms with van der Waals surface area (Å²) in [5, 5.41) is 2.45. The summed E-state index contributed by atoms with van der Waals surface area (Å²) in [6, 6.07) is 7.27. The van der Waals surface area contributed by atoms with Gasteiger partial charge < -0.3 is 5.32 Å². The third-order valence-electron chi connectivity index (χ3n) is 3.77. The minimum atomic E-state index is -1.07. The number of amides is 7. The van der Waals surface area contributed by atoms with E-state index < -0.39 is 36.3 Å². The minimum absolute atomic E-state index is 0.0564. The van der Waals surface area contributed by atoms with Crippen molar-refractivity contribution in [1.82, 2.24) is 20.0 Å². The van der Waals surface area contributed by atoms with Crippen LogP contribution in [0.5, 0.6) is 0 Å². The van der Waals surface area contributed by atoms with Gasteiger partial charge >= 0.3 is 23.9 Å². The van der Waals surface area contributed by atoms with E-state index in [-0.39, 0.29) is 13.1 Å². The van der Waals surface area contributed by atoms with Crippen molar-refractivity contribution < 1.29 is 24.0 Å². The van der Waals surface area contributed by atoms with Gasteiger partial charge in [-0.2, -0.15) is 0 Å². The van der Waals surface area contributed by atoms with Crippen molar-refractivity contribution in [3.63, 3.8) is 0 Å². The Morgan fingerprint density at radius 1 is 1.00 bits per heavy atom. The molecule has 2 heterocycles. The SMILES string of the molecule is O=C(CN1C(=O)C(=O)N(Cc2ccccc2)C1=O)N1CCNC1=O. The number of carbonyl (C=O) groups is 5. The molecule has 2 fully saturated rings. The summed E-state index contributed by atoms with van der Waals surface area (Å²) in [5.41, 5.74) is 0.680. The average Bonchev–Trinajstić information content (AvgIpc) is 3.09. The summed E-state index contributed by atoms with van der Waals surface area (Å²) in [4.78, 5) is 62.1. The number of nitrogens with one attached hydrogen (secondary N) is 1. The van der Waals surface area contributed by atoms with Gasteiger partial charge in [-0.25, -0.2) is 14.5 Å². The van der Waals surface area contributed by atoms with Crippen LogP contribution in [0, 0.1) is 0 Å². The highest BCUT2D eigenvalue weighted by Gasteiger charge is 2.46. The van der Waals surface area contributed by atoms with Crippen molar-refractivity contribution in [2.75, 3.05) is 19.6 Å². The first-order valence-electron chi connectivity index (χ1n) is 7.28. The zero-order valence-corrected chi connectivity index (χ0v) is 12.6. The van der Waals surface area contributed by atoms with E-state index in [1.807, 2.05) is 0 Å². The number of urea groups is 2. The van der Waals surface area contributed by atoms with E-state index in [2.05, 4.69) is 5.32 Å². The number of hydrogen-bond donors (Lipinski definition) is 1. The molecule has 0 unspecified atom stereocenters. The molecule has 0 atom stereocenters. The fourth-order valence-electron chi connectivity index (χ4n) is 2.53. The quantitative estimate of drug-likeness (QED) is 0.593. The van der Waals surface area contributed by atoms with E-state index in [0.717, 1.165) is 9.80 Å². The Hall–Kier alpha value is -3.23. The second-order valence-electron chi connectivity index (χ2n) is 5.33. The molecule has 124 valence electrons. The summed E-state index contributed by atoms with van der Waals surface area (Å²) >= 11 is 0. The van der Waals surface area contributed by atoms with Gasteiger partial charge in [-0.3, -0.25) is 24.2 Å². The number of hydrogen-bond acceptors (Lipinski definition) is 5. The fourth-order valence-corrected chi connectivity index (χ4v) is 2.53. The molecule has 0 aromatic heterocycles. The first-order chi connectivity index (χ1) is 11.5. The van der Waals surface area contributed by atoms with Crippen LogP contribution >= 0.6 is 0 Å². The monoisotopic (exact) mass is 330 g/mol. The number of benzene rings is 1. The Morgan fingerprint density at radius 3 is 2.29 bits per heavy atom. The zero-order valence-electron chi connectivity index (χ0n) is 12.6. The highest BCUT2D eigenvalue weighted by Crippen LogP contribution is 2.16. The van der Waals surface area contributed by atoms with E-state index >= 15 is 0 Å². The van der Waals surface area contributed by atoms with Crippen molar-refractivity contribution in [1.29, 1.82) is 0 Å². The van der Waals surface area contributed by atoms with Gasteiger partial charge in [-0.1, -0.05) is 30.3 Å². The lowest BCUT2D eigenvalue weighted by atomic mass is 10.2. The van der Waals surface area contributed by atoms with E-state index in [4.69, 9.17) is 0 Å². The molecule has 0 spiro atoms. The summed E-state index contributed by atoms with van der Waals surface area (Å²) in [5.74, 6) is -2.76. The van der Waals surface area contributed by atoms with Crippen molar-refractivity contribution in [3.8, 4) is 0 Å². The maximum absolute atomic E-state index is 12.3. The van der Waals surface area contributed by atoms with Gasteiger partial charge in [0.25, 0.3) is 5.91 Å².